The predicted molar refractivity (Wildman–Crippen MR) is 181 cm³/mol. The van der Waals surface area contributed by atoms with Gasteiger partial charge >= 0.3 is 0 Å². The van der Waals surface area contributed by atoms with Crippen molar-refractivity contribution in [2.75, 3.05) is 27.3 Å². The van der Waals surface area contributed by atoms with E-state index in [-0.39, 0.29) is 6.10 Å². The largest absolute Gasteiger partial charge is 0.497 e. The van der Waals surface area contributed by atoms with Gasteiger partial charge in [-0.15, -0.1) is 0 Å². The van der Waals surface area contributed by atoms with Crippen LogP contribution in [0.1, 0.15) is 122 Å². The van der Waals surface area contributed by atoms with Gasteiger partial charge in [-0.3, -0.25) is 0 Å². The number of hydrogen-bond acceptors (Lipinski definition) is 7. The number of nitrogens with two attached hydrogens (primary N) is 2. The van der Waals surface area contributed by atoms with Gasteiger partial charge in [0, 0.05) is 0 Å². The monoisotopic (exact) mass is 602 g/mol. The van der Waals surface area contributed by atoms with Gasteiger partial charge in [0.05, 0.1) is 32.5 Å². The molecule has 4 rings (SSSR count). The van der Waals surface area contributed by atoms with Crippen molar-refractivity contribution in [1.29, 1.82) is 0 Å². The first-order valence-electron chi connectivity index (χ1n) is 16.3. The van der Waals surface area contributed by atoms with Crippen molar-refractivity contribution in [1.82, 2.24) is 0 Å². The van der Waals surface area contributed by atoms with Crippen LogP contribution in [0.4, 0.5) is 0 Å². The second kappa shape index (κ2) is 25.8. The van der Waals surface area contributed by atoms with Gasteiger partial charge < -0.3 is 35.2 Å². The maximum absolute atomic E-state index is 8.00. The molecule has 1 aliphatic carbocycles. The van der Waals surface area contributed by atoms with Crippen LogP contribution in [0, 0.1) is 0 Å². The van der Waals surface area contributed by atoms with E-state index in [0.29, 0.717) is 24.7 Å². The molecule has 2 aliphatic rings. The summed E-state index contributed by atoms with van der Waals surface area (Å²) in [6.07, 6.45) is 13.0. The second-order valence-electron chi connectivity index (χ2n) is 10.6. The number of hydrogen-bond donors (Lipinski definition) is 2. The fraction of sp³-hybridized carbons (Fsp3) is 0.639. The van der Waals surface area contributed by atoms with E-state index in [1.54, 1.807) is 14.2 Å². The number of carbonyl (C=O) groups excluding carboxylic acids is 1. The quantitative estimate of drug-likeness (QED) is 0.249. The lowest BCUT2D eigenvalue weighted by molar-refractivity contribution is -0.0980. The van der Waals surface area contributed by atoms with Crippen LogP contribution >= 0.6 is 0 Å². The van der Waals surface area contributed by atoms with Crippen LogP contribution < -0.4 is 25.7 Å². The molecule has 43 heavy (non-hydrogen) atoms. The van der Waals surface area contributed by atoms with Crippen LogP contribution in [0.15, 0.2) is 42.5 Å². The standard InChI is InChI=1S/C16H25NO2.C12H16O2.C5H13N.C2H6.CH2O/c1-3-12(11-17)13-8-9-15(18-2)16(10-13)19-14-6-4-5-7-14;1-9-3-8-12(14-9)10-4-6-11(13-2)7-5-10;1-2-3-4-5-6;2*1-2/h8-10,12,14H,3-7,11,17H2,1-2H3;4-7,9,12H,3,8H2,1-2H3;2-6H2,1H3;1-2H3;1H2. The van der Waals surface area contributed by atoms with Gasteiger partial charge in [-0.05, 0) is 113 Å². The molecule has 0 amide bonds. The molecule has 2 aromatic carbocycles. The Morgan fingerprint density at radius 3 is 1.98 bits per heavy atom. The predicted octanol–water partition coefficient (Wildman–Crippen LogP) is 8.38. The zero-order chi connectivity index (χ0) is 32.5. The lowest BCUT2D eigenvalue weighted by atomic mass is 9.96. The molecule has 0 bridgehead atoms. The highest BCUT2D eigenvalue weighted by atomic mass is 16.5. The van der Waals surface area contributed by atoms with E-state index in [0.717, 1.165) is 55.9 Å². The van der Waals surface area contributed by atoms with Gasteiger partial charge in [-0.25, -0.2) is 0 Å². The minimum Gasteiger partial charge on any atom is -0.497 e. The number of rotatable bonds is 11. The highest BCUT2D eigenvalue weighted by Gasteiger charge is 2.23. The van der Waals surface area contributed by atoms with E-state index >= 15 is 0 Å². The molecule has 7 heteroatoms. The summed E-state index contributed by atoms with van der Waals surface area (Å²) in [6.45, 7) is 14.0. The summed E-state index contributed by atoms with van der Waals surface area (Å²) in [5, 5.41) is 0. The molecule has 2 fully saturated rings. The van der Waals surface area contributed by atoms with Crippen molar-refractivity contribution in [2.24, 2.45) is 11.5 Å². The zero-order valence-corrected chi connectivity index (χ0v) is 28.2. The Bertz CT molecular complexity index is 910. The summed E-state index contributed by atoms with van der Waals surface area (Å²) < 4.78 is 22.4. The topological polar surface area (TPSA) is 106 Å². The molecule has 0 spiro atoms. The lowest BCUT2D eigenvalue weighted by Crippen LogP contribution is -2.14. The number of benzene rings is 2. The van der Waals surface area contributed by atoms with Gasteiger partial charge in [-0.2, -0.15) is 0 Å². The molecule has 3 unspecified atom stereocenters. The summed E-state index contributed by atoms with van der Waals surface area (Å²) in [5.74, 6) is 3.00. The number of ether oxygens (including phenoxy) is 4. The maximum atomic E-state index is 8.00. The van der Waals surface area contributed by atoms with Crippen LogP contribution in [0.3, 0.4) is 0 Å². The molecular formula is C36H62N2O5. The summed E-state index contributed by atoms with van der Waals surface area (Å²) in [5.41, 5.74) is 13.6. The van der Waals surface area contributed by atoms with Crippen LogP contribution in [0.5, 0.6) is 17.2 Å². The van der Waals surface area contributed by atoms with Crippen molar-refractivity contribution in [2.45, 2.75) is 123 Å². The zero-order valence-electron chi connectivity index (χ0n) is 28.2. The van der Waals surface area contributed by atoms with E-state index in [9.17, 15) is 0 Å². The van der Waals surface area contributed by atoms with Crippen molar-refractivity contribution < 1.29 is 23.7 Å². The molecule has 7 nitrogen and oxygen atoms in total. The van der Waals surface area contributed by atoms with Crippen molar-refractivity contribution in [3.63, 3.8) is 0 Å². The van der Waals surface area contributed by atoms with E-state index in [4.69, 9.17) is 35.2 Å². The molecule has 1 heterocycles. The van der Waals surface area contributed by atoms with Gasteiger partial charge in [-0.1, -0.05) is 58.7 Å². The highest BCUT2D eigenvalue weighted by Crippen LogP contribution is 2.35. The minimum absolute atomic E-state index is 0.288. The van der Waals surface area contributed by atoms with Crippen molar-refractivity contribution >= 4 is 6.79 Å². The summed E-state index contributed by atoms with van der Waals surface area (Å²) >= 11 is 0. The summed E-state index contributed by atoms with van der Waals surface area (Å²) in [4.78, 5) is 8.00. The molecule has 4 N–H and O–H groups in total. The second-order valence-corrected chi connectivity index (χ2v) is 10.6. The number of methoxy groups -OCH3 is 2. The van der Waals surface area contributed by atoms with Gasteiger partial charge in [0.15, 0.2) is 11.5 Å². The molecule has 0 aromatic heterocycles. The molecular weight excluding hydrogens is 540 g/mol. The normalized spacial score (nSPS) is 17.8. The molecule has 2 aromatic rings. The Morgan fingerprint density at radius 1 is 0.884 bits per heavy atom. The molecule has 0 radical (unpaired) electrons. The number of carbonyl (C=O) groups is 1. The van der Waals surface area contributed by atoms with Crippen LogP contribution in [-0.4, -0.2) is 46.3 Å². The smallest absolute Gasteiger partial charge is 0.161 e. The van der Waals surface area contributed by atoms with Crippen LogP contribution in [-0.2, 0) is 9.53 Å². The first-order valence-corrected chi connectivity index (χ1v) is 16.3. The third kappa shape index (κ3) is 15.6. The molecule has 3 atom stereocenters. The first kappa shape index (κ1) is 40.4. The Labute approximate surface area is 263 Å². The highest BCUT2D eigenvalue weighted by molar-refractivity contribution is 5.44. The Hall–Kier alpha value is -2.61. The fourth-order valence-corrected chi connectivity index (χ4v) is 5.02. The van der Waals surface area contributed by atoms with E-state index in [1.165, 1.54) is 43.2 Å². The maximum Gasteiger partial charge on any atom is 0.161 e. The fourth-order valence-electron chi connectivity index (χ4n) is 5.02. The first-order chi connectivity index (χ1) is 21.0. The Balaban J connectivity index is 0.000000644. The van der Waals surface area contributed by atoms with Crippen molar-refractivity contribution in [3.8, 4) is 17.2 Å². The van der Waals surface area contributed by atoms with Crippen LogP contribution in [0.25, 0.3) is 0 Å². The van der Waals surface area contributed by atoms with Crippen molar-refractivity contribution in [3.05, 3.63) is 53.6 Å². The van der Waals surface area contributed by atoms with Gasteiger partial charge in [0.25, 0.3) is 0 Å². The third-order valence-corrected chi connectivity index (χ3v) is 7.56. The molecule has 1 aliphatic heterocycles. The van der Waals surface area contributed by atoms with Crippen LogP contribution in [0.2, 0.25) is 0 Å². The molecule has 1 saturated heterocycles. The lowest BCUT2D eigenvalue weighted by Gasteiger charge is -2.19. The summed E-state index contributed by atoms with van der Waals surface area (Å²) in [7, 11) is 3.37. The summed E-state index contributed by atoms with van der Waals surface area (Å²) in [6, 6.07) is 14.4. The van der Waals surface area contributed by atoms with E-state index in [1.807, 2.05) is 38.8 Å². The Morgan fingerprint density at radius 2 is 1.53 bits per heavy atom. The van der Waals surface area contributed by atoms with Gasteiger partial charge in [0.2, 0.25) is 0 Å². The minimum atomic E-state index is 0.288. The van der Waals surface area contributed by atoms with E-state index < -0.39 is 0 Å². The van der Waals surface area contributed by atoms with Gasteiger partial charge in [0.1, 0.15) is 12.5 Å². The number of unbranched alkanes of at least 4 members (excludes halogenated alkanes) is 2. The Kier molecular flexibility index (Phi) is 24.3. The SMILES string of the molecule is C=O.CC.CCC(CN)c1ccc(OC)c(OC2CCCC2)c1.CCCCCN.COc1ccc(C2CCC(C)O2)cc1. The average Bonchev–Trinajstić information content (AvgIpc) is 3.75. The average molecular weight is 603 g/mol. The molecule has 1 saturated carbocycles. The third-order valence-electron chi connectivity index (χ3n) is 7.56. The molecule has 246 valence electrons. The van der Waals surface area contributed by atoms with E-state index in [2.05, 4.69) is 45.0 Å².